The first kappa shape index (κ1) is 15.8. The highest BCUT2D eigenvalue weighted by atomic mass is 16.5. The normalized spacial score (nSPS) is 10.5. The number of hydrogen-bond acceptors (Lipinski definition) is 4. The molecule has 7 nitrogen and oxygen atoms in total. The Morgan fingerprint density at radius 2 is 2.18 bits per heavy atom. The lowest BCUT2D eigenvalue weighted by molar-refractivity contribution is 0.251. The molecule has 0 aliphatic heterocycles. The van der Waals surface area contributed by atoms with E-state index in [1.54, 1.807) is 24.5 Å². The van der Waals surface area contributed by atoms with Gasteiger partial charge in [0.1, 0.15) is 11.5 Å². The van der Waals surface area contributed by atoms with Gasteiger partial charge in [-0.15, -0.1) is 0 Å². The molecule has 0 aliphatic carbocycles. The van der Waals surface area contributed by atoms with Crippen LogP contribution < -0.4 is 15.4 Å². The summed E-state index contributed by atoms with van der Waals surface area (Å²) in [5, 5.41) is 5.49. The van der Waals surface area contributed by atoms with Crippen LogP contribution in [0.25, 0.3) is 0 Å². The quantitative estimate of drug-likeness (QED) is 0.857. The Morgan fingerprint density at radius 1 is 1.36 bits per heavy atom. The molecule has 7 heteroatoms. The van der Waals surface area contributed by atoms with Crippen molar-refractivity contribution in [2.24, 2.45) is 5.92 Å². The van der Waals surface area contributed by atoms with E-state index >= 15 is 0 Å². The number of carbonyl (C=O) groups excluding carboxylic acids is 1. The summed E-state index contributed by atoms with van der Waals surface area (Å²) in [7, 11) is 1.51. The number of carbonyl (C=O) groups is 1. The van der Waals surface area contributed by atoms with Gasteiger partial charge in [-0.05, 0) is 18.1 Å². The smallest absolute Gasteiger partial charge is 0.319 e. The lowest BCUT2D eigenvalue weighted by Crippen LogP contribution is -2.29. The molecule has 0 saturated heterocycles. The van der Waals surface area contributed by atoms with Crippen molar-refractivity contribution in [3.8, 4) is 5.88 Å². The maximum absolute atomic E-state index is 12.0. The van der Waals surface area contributed by atoms with Gasteiger partial charge in [-0.3, -0.25) is 0 Å². The first-order valence-electron chi connectivity index (χ1n) is 7.14. The van der Waals surface area contributed by atoms with Crippen LogP contribution in [-0.4, -0.2) is 27.7 Å². The summed E-state index contributed by atoms with van der Waals surface area (Å²) in [4.78, 5) is 20.3. The van der Waals surface area contributed by atoms with Crippen molar-refractivity contribution < 1.29 is 9.53 Å². The Balaban J connectivity index is 1.92. The number of amides is 2. The molecule has 0 saturated carbocycles. The zero-order valence-corrected chi connectivity index (χ0v) is 13.0. The lowest BCUT2D eigenvalue weighted by Gasteiger charge is -2.12. The predicted octanol–water partition coefficient (Wildman–Crippen LogP) is 2.26. The van der Waals surface area contributed by atoms with Crippen LogP contribution >= 0.6 is 0 Å². The minimum atomic E-state index is -0.328. The van der Waals surface area contributed by atoms with Crippen molar-refractivity contribution in [2.45, 2.75) is 26.9 Å². The number of rotatable bonds is 6. The highest BCUT2D eigenvalue weighted by Crippen LogP contribution is 2.19. The summed E-state index contributed by atoms with van der Waals surface area (Å²) in [5.74, 6) is 1.71. The van der Waals surface area contributed by atoms with E-state index in [9.17, 15) is 4.79 Å². The number of methoxy groups -OCH3 is 1. The van der Waals surface area contributed by atoms with E-state index in [0.717, 1.165) is 12.4 Å². The lowest BCUT2D eigenvalue weighted by atomic mass is 10.2. The van der Waals surface area contributed by atoms with Gasteiger partial charge in [-0.2, -0.15) is 0 Å². The maximum Gasteiger partial charge on any atom is 0.319 e. The average Bonchev–Trinajstić information content (AvgIpc) is 2.92. The second kappa shape index (κ2) is 7.44. The molecule has 2 N–H and O–H groups in total. The molecule has 2 aromatic heterocycles. The molecule has 0 unspecified atom stereocenters. The molecule has 0 bridgehead atoms. The van der Waals surface area contributed by atoms with E-state index in [-0.39, 0.29) is 6.03 Å². The molecular weight excluding hydrogens is 282 g/mol. The van der Waals surface area contributed by atoms with Gasteiger partial charge in [0.2, 0.25) is 5.88 Å². The summed E-state index contributed by atoms with van der Waals surface area (Å²) in [5.41, 5.74) is 0.521. The SMILES string of the molecule is COc1ncccc1NC(=O)NCc1nccn1CC(C)C. The van der Waals surface area contributed by atoms with Crippen LogP contribution in [0.3, 0.4) is 0 Å². The number of hydrogen-bond donors (Lipinski definition) is 2. The molecule has 2 heterocycles. The standard InChI is InChI=1S/C15H21N5O2/c1-11(2)10-20-8-7-16-13(20)9-18-15(21)19-12-5-4-6-17-14(12)22-3/h4-8,11H,9-10H2,1-3H3,(H2,18,19,21). The fraction of sp³-hybridized carbons (Fsp3) is 0.400. The van der Waals surface area contributed by atoms with Gasteiger partial charge < -0.3 is 19.9 Å². The van der Waals surface area contributed by atoms with Gasteiger partial charge >= 0.3 is 6.03 Å². The molecule has 0 aliphatic rings. The van der Waals surface area contributed by atoms with Crippen molar-refractivity contribution in [3.63, 3.8) is 0 Å². The molecule has 118 valence electrons. The minimum Gasteiger partial charge on any atom is -0.480 e. The van der Waals surface area contributed by atoms with Crippen molar-refractivity contribution in [2.75, 3.05) is 12.4 Å². The third-order valence-corrected chi connectivity index (χ3v) is 2.98. The van der Waals surface area contributed by atoms with Crippen molar-refractivity contribution in [3.05, 3.63) is 36.5 Å². The molecule has 0 fully saturated rings. The van der Waals surface area contributed by atoms with Crippen LogP contribution in [-0.2, 0) is 13.1 Å². The second-order valence-corrected chi connectivity index (χ2v) is 5.26. The van der Waals surface area contributed by atoms with Gasteiger partial charge in [-0.1, -0.05) is 13.8 Å². The zero-order valence-electron chi connectivity index (χ0n) is 13.0. The average molecular weight is 303 g/mol. The van der Waals surface area contributed by atoms with Crippen LogP contribution in [0.5, 0.6) is 5.88 Å². The molecule has 2 aromatic rings. The third-order valence-electron chi connectivity index (χ3n) is 2.98. The molecule has 2 rings (SSSR count). The van der Waals surface area contributed by atoms with Crippen LogP contribution in [0.4, 0.5) is 10.5 Å². The number of urea groups is 1. The van der Waals surface area contributed by atoms with Gasteiger partial charge in [0.25, 0.3) is 0 Å². The Bertz CT molecular complexity index is 624. The monoisotopic (exact) mass is 303 g/mol. The fourth-order valence-corrected chi connectivity index (χ4v) is 2.04. The second-order valence-electron chi connectivity index (χ2n) is 5.26. The highest BCUT2D eigenvalue weighted by molar-refractivity contribution is 5.90. The van der Waals surface area contributed by atoms with Crippen molar-refractivity contribution in [1.29, 1.82) is 0 Å². The summed E-state index contributed by atoms with van der Waals surface area (Å²) in [6.45, 7) is 5.50. The van der Waals surface area contributed by atoms with E-state index in [1.807, 2.05) is 10.8 Å². The number of pyridine rings is 1. The molecule has 22 heavy (non-hydrogen) atoms. The van der Waals surface area contributed by atoms with Crippen molar-refractivity contribution >= 4 is 11.7 Å². The van der Waals surface area contributed by atoms with E-state index in [0.29, 0.717) is 24.0 Å². The van der Waals surface area contributed by atoms with E-state index < -0.39 is 0 Å². The Morgan fingerprint density at radius 3 is 2.91 bits per heavy atom. The number of imidazole rings is 1. The summed E-state index contributed by atoms with van der Waals surface area (Å²) in [6, 6.07) is 3.13. The van der Waals surface area contributed by atoms with Crippen molar-refractivity contribution in [1.82, 2.24) is 19.9 Å². The largest absolute Gasteiger partial charge is 0.480 e. The molecule has 2 amide bonds. The van der Waals surface area contributed by atoms with E-state index in [1.165, 1.54) is 7.11 Å². The first-order chi connectivity index (χ1) is 10.6. The highest BCUT2D eigenvalue weighted by Gasteiger charge is 2.09. The van der Waals surface area contributed by atoms with Crippen LogP contribution in [0.2, 0.25) is 0 Å². The van der Waals surface area contributed by atoms with Crippen LogP contribution in [0, 0.1) is 5.92 Å². The predicted molar refractivity (Wildman–Crippen MR) is 83.7 cm³/mol. The molecular formula is C15H21N5O2. The van der Waals surface area contributed by atoms with E-state index in [2.05, 4.69) is 34.4 Å². The van der Waals surface area contributed by atoms with Gasteiger partial charge in [-0.25, -0.2) is 14.8 Å². The van der Waals surface area contributed by atoms with Gasteiger partial charge in [0, 0.05) is 25.1 Å². The third kappa shape index (κ3) is 4.21. The summed E-state index contributed by atoms with van der Waals surface area (Å²) < 4.78 is 7.13. The number of nitrogens with one attached hydrogen (secondary N) is 2. The Kier molecular flexibility index (Phi) is 5.35. The summed E-state index contributed by atoms with van der Waals surface area (Å²) in [6.07, 6.45) is 5.26. The first-order valence-corrected chi connectivity index (χ1v) is 7.14. The number of ether oxygens (including phenoxy) is 1. The topological polar surface area (TPSA) is 81.1 Å². The van der Waals surface area contributed by atoms with Crippen LogP contribution in [0.15, 0.2) is 30.7 Å². The minimum absolute atomic E-state index is 0.328. The van der Waals surface area contributed by atoms with Gasteiger partial charge in [0.05, 0.1) is 13.7 Å². The fourth-order valence-electron chi connectivity index (χ4n) is 2.04. The Labute approximate surface area is 129 Å². The number of aromatic nitrogens is 3. The van der Waals surface area contributed by atoms with Gasteiger partial charge in [0.15, 0.2) is 0 Å². The number of nitrogens with zero attached hydrogens (tertiary/aromatic N) is 3. The molecule has 0 spiro atoms. The van der Waals surface area contributed by atoms with Crippen LogP contribution in [0.1, 0.15) is 19.7 Å². The van der Waals surface area contributed by atoms with E-state index in [4.69, 9.17) is 4.74 Å². The Hall–Kier alpha value is -2.57. The molecule has 0 atom stereocenters. The summed E-state index contributed by atoms with van der Waals surface area (Å²) >= 11 is 0. The molecule has 0 radical (unpaired) electrons. The number of anilines is 1. The zero-order chi connectivity index (χ0) is 15.9. The maximum atomic E-state index is 12.0. The molecule has 0 aromatic carbocycles.